The Morgan fingerprint density at radius 2 is 1.62 bits per heavy atom. The molecule has 3 N–H and O–H groups in total. The van der Waals surface area contributed by atoms with E-state index in [-0.39, 0.29) is 5.91 Å². The van der Waals surface area contributed by atoms with Gasteiger partial charge in [0, 0.05) is 0 Å². The first kappa shape index (κ1) is 20.2. The normalized spacial score (nSPS) is 14.6. The van der Waals surface area contributed by atoms with Crippen molar-refractivity contribution in [1.29, 1.82) is 0 Å². The number of hydrogen-bond donors (Lipinski definition) is 2. The van der Waals surface area contributed by atoms with Gasteiger partial charge in [0.2, 0.25) is 5.91 Å². The highest BCUT2D eigenvalue weighted by molar-refractivity contribution is 5.92. The van der Waals surface area contributed by atoms with Gasteiger partial charge in [-0.2, -0.15) is 0 Å². The molecule has 0 saturated heterocycles. The molecule has 0 saturated carbocycles. The summed E-state index contributed by atoms with van der Waals surface area (Å²) in [6.45, 7) is 10.5. The maximum Gasteiger partial charge on any atom is 0.331 e. The minimum Gasteiger partial charge on any atom is -0.458 e. The maximum atomic E-state index is 12.7. The van der Waals surface area contributed by atoms with E-state index in [0.29, 0.717) is 12.8 Å². The van der Waals surface area contributed by atoms with Crippen LogP contribution in [0.15, 0.2) is 30.3 Å². The predicted molar refractivity (Wildman–Crippen MR) is 95.4 cm³/mol. The number of rotatable bonds is 6. The number of carbonyl (C=O) groups is 2. The Balaban J connectivity index is 2.87. The third kappa shape index (κ3) is 5.64. The third-order valence-electron chi connectivity index (χ3n) is 3.78. The SMILES string of the molecule is CC[C@@](N)(Cc1ccccc1)C(=O)NC(C)(C)C(=O)OC(C)(C)C. The number of benzene rings is 1. The number of amides is 1. The highest BCUT2D eigenvalue weighted by Crippen LogP contribution is 2.19. The smallest absolute Gasteiger partial charge is 0.331 e. The number of ether oxygens (including phenoxy) is 1. The van der Waals surface area contributed by atoms with Crippen molar-refractivity contribution in [2.75, 3.05) is 0 Å². The van der Waals surface area contributed by atoms with Gasteiger partial charge in [0.05, 0.1) is 5.54 Å². The Morgan fingerprint density at radius 3 is 2.08 bits per heavy atom. The van der Waals surface area contributed by atoms with Crippen LogP contribution in [0.4, 0.5) is 0 Å². The van der Waals surface area contributed by atoms with Gasteiger partial charge in [0.25, 0.3) is 0 Å². The van der Waals surface area contributed by atoms with E-state index in [1.807, 2.05) is 37.3 Å². The average molecular weight is 334 g/mol. The summed E-state index contributed by atoms with van der Waals surface area (Å²) >= 11 is 0. The fraction of sp³-hybridized carbons (Fsp3) is 0.579. The number of carbonyl (C=O) groups excluding carboxylic acids is 2. The molecular weight excluding hydrogens is 304 g/mol. The second-order valence-electron chi connectivity index (χ2n) is 7.75. The lowest BCUT2D eigenvalue weighted by atomic mass is 9.87. The van der Waals surface area contributed by atoms with Crippen molar-refractivity contribution in [2.45, 2.75) is 71.1 Å². The largest absolute Gasteiger partial charge is 0.458 e. The summed E-state index contributed by atoms with van der Waals surface area (Å²) in [5.74, 6) is -0.841. The van der Waals surface area contributed by atoms with Gasteiger partial charge in [-0.05, 0) is 53.0 Å². The molecule has 5 heteroatoms. The van der Waals surface area contributed by atoms with Crippen LogP contribution in [0.25, 0.3) is 0 Å². The summed E-state index contributed by atoms with van der Waals surface area (Å²) in [4.78, 5) is 25.1. The van der Waals surface area contributed by atoms with Crippen molar-refractivity contribution in [3.05, 3.63) is 35.9 Å². The van der Waals surface area contributed by atoms with Gasteiger partial charge in [-0.1, -0.05) is 37.3 Å². The average Bonchev–Trinajstić information content (AvgIpc) is 2.45. The van der Waals surface area contributed by atoms with Crippen LogP contribution in [0.2, 0.25) is 0 Å². The van der Waals surface area contributed by atoms with E-state index >= 15 is 0 Å². The molecule has 24 heavy (non-hydrogen) atoms. The minimum atomic E-state index is -1.15. The topological polar surface area (TPSA) is 81.4 Å². The summed E-state index contributed by atoms with van der Waals surface area (Å²) in [7, 11) is 0. The number of esters is 1. The van der Waals surface area contributed by atoms with E-state index in [1.165, 1.54) is 0 Å². The molecular formula is C19H30N2O3. The summed E-state index contributed by atoms with van der Waals surface area (Å²) in [5, 5.41) is 2.75. The number of nitrogens with one attached hydrogen (secondary N) is 1. The van der Waals surface area contributed by atoms with Gasteiger partial charge in [-0.3, -0.25) is 4.79 Å². The summed E-state index contributed by atoms with van der Waals surface area (Å²) < 4.78 is 5.37. The Bertz CT molecular complexity index is 576. The first-order valence-corrected chi connectivity index (χ1v) is 8.28. The first-order valence-electron chi connectivity index (χ1n) is 8.28. The summed E-state index contributed by atoms with van der Waals surface area (Å²) in [5.41, 5.74) is 4.47. The number of nitrogens with two attached hydrogens (primary N) is 1. The van der Waals surface area contributed by atoms with Crippen LogP contribution in [-0.2, 0) is 20.7 Å². The standard InChI is InChI=1S/C19H30N2O3/c1-7-19(20,13-14-11-9-8-10-12-14)15(22)21-18(5,6)16(23)24-17(2,3)4/h8-12H,7,13,20H2,1-6H3,(H,21,22)/t19-/m1/s1. The van der Waals surface area contributed by atoms with Crippen LogP contribution in [0.1, 0.15) is 53.5 Å². The van der Waals surface area contributed by atoms with Crippen LogP contribution in [0.3, 0.4) is 0 Å². The molecule has 0 bridgehead atoms. The molecule has 0 heterocycles. The first-order chi connectivity index (χ1) is 10.9. The van der Waals surface area contributed by atoms with Crippen molar-refractivity contribution in [3.63, 3.8) is 0 Å². The third-order valence-corrected chi connectivity index (χ3v) is 3.78. The molecule has 1 atom stereocenters. The van der Waals surface area contributed by atoms with Crippen LogP contribution in [-0.4, -0.2) is 28.6 Å². The van der Waals surface area contributed by atoms with Crippen LogP contribution in [0.5, 0.6) is 0 Å². The van der Waals surface area contributed by atoms with E-state index in [1.54, 1.807) is 34.6 Å². The molecule has 0 aliphatic heterocycles. The Kier molecular flexibility index (Phi) is 6.17. The Morgan fingerprint density at radius 1 is 1.08 bits per heavy atom. The second kappa shape index (κ2) is 7.34. The highest BCUT2D eigenvalue weighted by Gasteiger charge is 2.40. The summed E-state index contributed by atoms with van der Waals surface area (Å²) in [6.07, 6.45) is 0.860. The zero-order valence-corrected chi connectivity index (χ0v) is 15.6. The molecule has 0 unspecified atom stereocenters. The predicted octanol–water partition coefficient (Wildman–Crippen LogP) is 2.57. The fourth-order valence-electron chi connectivity index (χ4n) is 2.19. The summed E-state index contributed by atoms with van der Waals surface area (Å²) in [6, 6.07) is 9.61. The number of hydrogen-bond acceptors (Lipinski definition) is 4. The van der Waals surface area contributed by atoms with Crippen molar-refractivity contribution in [3.8, 4) is 0 Å². The lowest BCUT2D eigenvalue weighted by Gasteiger charge is -2.34. The molecule has 0 aliphatic carbocycles. The highest BCUT2D eigenvalue weighted by atomic mass is 16.6. The maximum absolute atomic E-state index is 12.7. The molecule has 1 rings (SSSR count). The minimum absolute atomic E-state index is 0.357. The van der Waals surface area contributed by atoms with Crippen LogP contribution in [0, 0.1) is 0 Å². The monoisotopic (exact) mass is 334 g/mol. The Hall–Kier alpha value is -1.88. The van der Waals surface area contributed by atoms with E-state index in [0.717, 1.165) is 5.56 Å². The van der Waals surface area contributed by atoms with E-state index < -0.39 is 22.6 Å². The van der Waals surface area contributed by atoms with E-state index in [2.05, 4.69) is 5.32 Å². The van der Waals surface area contributed by atoms with E-state index in [9.17, 15) is 9.59 Å². The lowest BCUT2D eigenvalue weighted by molar-refractivity contribution is -0.163. The van der Waals surface area contributed by atoms with E-state index in [4.69, 9.17) is 10.5 Å². The molecule has 0 radical (unpaired) electrons. The van der Waals surface area contributed by atoms with Crippen molar-refractivity contribution >= 4 is 11.9 Å². The van der Waals surface area contributed by atoms with Gasteiger partial charge in [-0.15, -0.1) is 0 Å². The molecule has 134 valence electrons. The molecule has 5 nitrogen and oxygen atoms in total. The van der Waals surface area contributed by atoms with Crippen LogP contribution >= 0.6 is 0 Å². The van der Waals surface area contributed by atoms with Gasteiger partial charge in [-0.25, -0.2) is 4.79 Å². The molecule has 1 aromatic rings. The van der Waals surface area contributed by atoms with Crippen molar-refractivity contribution in [2.24, 2.45) is 5.73 Å². The zero-order valence-electron chi connectivity index (χ0n) is 15.6. The lowest BCUT2D eigenvalue weighted by Crippen LogP contribution is -2.62. The fourth-order valence-corrected chi connectivity index (χ4v) is 2.19. The zero-order chi connectivity index (χ0) is 18.6. The molecule has 0 aromatic heterocycles. The van der Waals surface area contributed by atoms with Gasteiger partial charge in [0.1, 0.15) is 11.1 Å². The molecule has 0 aliphatic rings. The quantitative estimate of drug-likeness (QED) is 0.784. The molecule has 0 spiro atoms. The molecule has 1 amide bonds. The van der Waals surface area contributed by atoms with Gasteiger partial charge >= 0.3 is 5.97 Å². The van der Waals surface area contributed by atoms with Crippen LogP contribution < -0.4 is 11.1 Å². The van der Waals surface area contributed by atoms with Crippen molar-refractivity contribution < 1.29 is 14.3 Å². The molecule has 0 fully saturated rings. The Labute approximate surface area is 145 Å². The molecule has 1 aromatic carbocycles. The second-order valence-corrected chi connectivity index (χ2v) is 7.75. The van der Waals surface area contributed by atoms with Gasteiger partial charge < -0.3 is 15.8 Å². The van der Waals surface area contributed by atoms with Gasteiger partial charge in [0.15, 0.2) is 0 Å². The van der Waals surface area contributed by atoms with Crippen molar-refractivity contribution in [1.82, 2.24) is 5.32 Å².